The van der Waals surface area contributed by atoms with Gasteiger partial charge in [0.05, 0.1) is 5.69 Å². The quantitative estimate of drug-likeness (QED) is 0.288. The maximum atomic E-state index is 3.28. The summed E-state index contributed by atoms with van der Waals surface area (Å²) in [6, 6.07) is 42.4. The molecule has 1 aliphatic carbocycles. The summed E-state index contributed by atoms with van der Waals surface area (Å²) in [6.07, 6.45) is 0. The normalized spacial score (nSPS) is 13.6. The zero-order chi connectivity index (χ0) is 21.7. The second-order valence-electron chi connectivity index (χ2n) is 9.00. The lowest BCUT2D eigenvalue weighted by atomic mass is 9.82. The Balaban J connectivity index is 1.60. The van der Waals surface area contributed by atoms with Crippen LogP contribution in [0.4, 0.5) is 17.1 Å². The van der Waals surface area contributed by atoms with Gasteiger partial charge in [-0.1, -0.05) is 86.6 Å². The molecule has 0 unspecified atom stereocenters. The molecule has 153 valence electrons. The molecule has 0 bridgehead atoms. The summed E-state index contributed by atoms with van der Waals surface area (Å²) >= 11 is 0. The van der Waals surface area contributed by atoms with Crippen molar-refractivity contribution in [2.24, 2.45) is 0 Å². The fraction of sp³-hybridized carbons (Fsp3) is 0.0968. The SMILES string of the molecule is CC1(C)c2c[c]ccc2-c2ccc(N(c3ccccc3)c3cccc4ccccc34)cc21. The van der Waals surface area contributed by atoms with Crippen molar-refractivity contribution < 1.29 is 0 Å². The first-order valence-corrected chi connectivity index (χ1v) is 11.1. The third-order valence-electron chi connectivity index (χ3n) is 6.78. The molecule has 1 nitrogen and oxygen atoms in total. The van der Waals surface area contributed by atoms with Crippen LogP contribution in [0.5, 0.6) is 0 Å². The number of nitrogens with zero attached hydrogens (tertiary/aromatic N) is 1. The summed E-state index contributed by atoms with van der Waals surface area (Å²) < 4.78 is 0. The Bertz CT molecular complexity index is 1440. The van der Waals surface area contributed by atoms with E-state index in [9.17, 15) is 0 Å². The molecule has 0 saturated carbocycles. The molecule has 0 fully saturated rings. The predicted molar refractivity (Wildman–Crippen MR) is 135 cm³/mol. The molecule has 32 heavy (non-hydrogen) atoms. The number of para-hydroxylation sites is 1. The van der Waals surface area contributed by atoms with E-state index in [1.54, 1.807) is 0 Å². The summed E-state index contributed by atoms with van der Waals surface area (Å²) in [7, 11) is 0. The maximum Gasteiger partial charge on any atom is 0.0540 e. The third kappa shape index (κ3) is 2.78. The zero-order valence-electron chi connectivity index (χ0n) is 18.3. The van der Waals surface area contributed by atoms with Crippen LogP contribution in [-0.4, -0.2) is 0 Å². The topological polar surface area (TPSA) is 3.24 Å². The van der Waals surface area contributed by atoms with Crippen LogP contribution < -0.4 is 4.90 Å². The Kier molecular flexibility index (Phi) is 4.19. The summed E-state index contributed by atoms with van der Waals surface area (Å²) in [5.74, 6) is 0. The molecular formula is C31H24N. The van der Waals surface area contributed by atoms with Crippen LogP contribution in [-0.2, 0) is 5.41 Å². The first kappa shape index (κ1) is 18.9. The Morgan fingerprint density at radius 3 is 2.28 bits per heavy atom. The van der Waals surface area contributed by atoms with Gasteiger partial charge in [-0.2, -0.15) is 0 Å². The average Bonchev–Trinajstić information content (AvgIpc) is 3.07. The number of benzene rings is 5. The minimum atomic E-state index is -0.0560. The minimum Gasteiger partial charge on any atom is -0.310 e. The molecule has 0 aliphatic heterocycles. The van der Waals surface area contributed by atoms with E-state index in [-0.39, 0.29) is 5.41 Å². The molecule has 1 aliphatic rings. The Labute approximate surface area is 189 Å². The molecule has 0 heterocycles. The van der Waals surface area contributed by atoms with E-state index in [4.69, 9.17) is 0 Å². The monoisotopic (exact) mass is 410 g/mol. The molecule has 6 rings (SSSR count). The van der Waals surface area contributed by atoms with Crippen molar-refractivity contribution in [3.63, 3.8) is 0 Å². The van der Waals surface area contributed by atoms with Crippen molar-refractivity contribution in [1.82, 2.24) is 0 Å². The van der Waals surface area contributed by atoms with Gasteiger partial charge >= 0.3 is 0 Å². The third-order valence-corrected chi connectivity index (χ3v) is 6.78. The van der Waals surface area contributed by atoms with Crippen LogP contribution in [0.3, 0.4) is 0 Å². The summed E-state index contributed by atoms with van der Waals surface area (Å²) in [5, 5.41) is 2.49. The van der Waals surface area contributed by atoms with Gasteiger partial charge < -0.3 is 4.90 Å². The first-order chi connectivity index (χ1) is 15.6. The highest BCUT2D eigenvalue weighted by molar-refractivity contribution is 5.99. The minimum absolute atomic E-state index is 0.0560. The van der Waals surface area contributed by atoms with E-state index < -0.39 is 0 Å². The molecule has 0 atom stereocenters. The van der Waals surface area contributed by atoms with E-state index in [0.717, 1.165) is 5.69 Å². The number of fused-ring (bicyclic) bond motifs is 4. The highest BCUT2D eigenvalue weighted by Crippen LogP contribution is 2.50. The van der Waals surface area contributed by atoms with Crippen LogP contribution >= 0.6 is 0 Å². The predicted octanol–water partition coefficient (Wildman–Crippen LogP) is 8.42. The van der Waals surface area contributed by atoms with Gasteiger partial charge in [-0.15, -0.1) is 0 Å². The van der Waals surface area contributed by atoms with Crippen molar-refractivity contribution >= 4 is 27.8 Å². The summed E-state index contributed by atoms with van der Waals surface area (Å²) in [5.41, 5.74) is 8.84. The number of rotatable bonds is 3. The molecule has 0 amide bonds. The lowest BCUT2D eigenvalue weighted by Gasteiger charge is -2.29. The molecule has 5 aromatic rings. The van der Waals surface area contributed by atoms with Crippen LogP contribution in [0.15, 0.2) is 109 Å². The fourth-order valence-electron chi connectivity index (χ4n) is 5.16. The molecule has 0 saturated heterocycles. The van der Waals surface area contributed by atoms with Crippen LogP contribution in [0.2, 0.25) is 0 Å². The smallest absolute Gasteiger partial charge is 0.0540 e. The van der Waals surface area contributed by atoms with Gasteiger partial charge in [0.1, 0.15) is 0 Å². The van der Waals surface area contributed by atoms with Crippen molar-refractivity contribution in [3.8, 4) is 11.1 Å². The summed E-state index contributed by atoms with van der Waals surface area (Å²) in [4.78, 5) is 2.38. The second-order valence-corrected chi connectivity index (χ2v) is 9.00. The van der Waals surface area contributed by atoms with Crippen molar-refractivity contribution in [1.29, 1.82) is 0 Å². The van der Waals surface area contributed by atoms with Gasteiger partial charge in [-0.25, -0.2) is 0 Å². The lowest BCUT2D eigenvalue weighted by molar-refractivity contribution is 0.660. The summed E-state index contributed by atoms with van der Waals surface area (Å²) in [6.45, 7) is 4.64. The Morgan fingerprint density at radius 1 is 0.656 bits per heavy atom. The molecule has 1 radical (unpaired) electrons. The Morgan fingerprint density at radius 2 is 1.41 bits per heavy atom. The van der Waals surface area contributed by atoms with E-state index in [0.29, 0.717) is 0 Å². The van der Waals surface area contributed by atoms with Gasteiger partial charge in [0.2, 0.25) is 0 Å². The number of hydrogen-bond donors (Lipinski definition) is 0. The van der Waals surface area contributed by atoms with Gasteiger partial charge in [0.15, 0.2) is 0 Å². The van der Waals surface area contributed by atoms with Gasteiger partial charge in [0.25, 0.3) is 0 Å². The van der Waals surface area contributed by atoms with Crippen LogP contribution in [0.1, 0.15) is 25.0 Å². The molecule has 0 aromatic heterocycles. The standard InChI is InChI=1S/C31H24N/c1-31(2)28-17-9-8-16-26(28)27-20-19-24(21-29(27)31)32(23-13-4-3-5-14-23)30-18-10-12-22-11-6-7-15-25(22)30/h3-8,10-21H,1-2H3. The van der Waals surface area contributed by atoms with E-state index in [1.807, 2.05) is 6.07 Å². The van der Waals surface area contributed by atoms with E-state index in [1.165, 1.54) is 44.4 Å². The molecule has 0 N–H and O–H groups in total. The maximum absolute atomic E-state index is 3.28. The highest BCUT2D eigenvalue weighted by Gasteiger charge is 2.35. The molecule has 5 aromatic carbocycles. The number of hydrogen-bond acceptors (Lipinski definition) is 1. The fourth-order valence-corrected chi connectivity index (χ4v) is 5.16. The highest BCUT2D eigenvalue weighted by atomic mass is 15.1. The van der Waals surface area contributed by atoms with Gasteiger partial charge in [-0.3, -0.25) is 0 Å². The van der Waals surface area contributed by atoms with E-state index in [2.05, 4.69) is 128 Å². The second kappa shape index (κ2) is 7.10. The van der Waals surface area contributed by atoms with Crippen molar-refractivity contribution in [3.05, 3.63) is 126 Å². The molecular weight excluding hydrogens is 386 g/mol. The van der Waals surface area contributed by atoms with Crippen molar-refractivity contribution in [2.45, 2.75) is 19.3 Å². The number of anilines is 3. The van der Waals surface area contributed by atoms with Gasteiger partial charge in [-0.05, 0) is 70.1 Å². The first-order valence-electron chi connectivity index (χ1n) is 11.1. The van der Waals surface area contributed by atoms with Gasteiger partial charge in [0, 0.05) is 22.2 Å². The Hall–Kier alpha value is -3.84. The van der Waals surface area contributed by atoms with Crippen LogP contribution in [0, 0.1) is 6.07 Å². The molecule has 0 spiro atoms. The van der Waals surface area contributed by atoms with Crippen LogP contribution in [0.25, 0.3) is 21.9 Å². The van der Waals surface area contributed by atoms with E-state index >= 15 is 0 Å². The lowest BCUT2D eigenvalue weighted by Crippen LogP contribution is -2.16. The molecule has 1 heteroatoms. The largest absolute Gasteiger partial charge is 0.310 e. The van der Waals surface area contributed by atoms with Crippen molar-refractivity contribution in [2.75, 3.05) is 4.90 Å². The average molecular weight is 411 g/mol. The zero-order valence-corrected chi connectivity index (χ0v) is 18.3.